The van der Waals surface area contributed by atoms with Crippen LogP contribution in [0.4, 0.5) is 22.0 Å². The van der Waals surface area contributed by atoms with Crippen molar-refractivity contribution in [2.24, 2.45) is 0 Å². The third-order valence-corrected chi connectivity index (χ3v) is 6.17. The van der Waals surface area contributed by atoms with Gasteiger partial charge >= 0.3 is 12.1 Å². The Hall–Kier alpha value is -2.68. The smallest absolute Gasteiger partial charge is 0.456 e. The first-order valence-electron chi connectivity index (χ1n) is 10.4. The van der Waals surface area contributed by atoms with Crippen molar-refractivity contribution in [2.45, 2.75) is 42.7 Å². The van der Waals surface area contributed by atoms with Crippen LogP contribution in [0.3, 0.4) is 0 Å². The highest BCUT2D eigenvalue weighted by Gasteiger charge is 2.58. The molecule has 174 valence electrons. The minimum atomic E-state index is -5.67. The molecule has 0 spiro atoms. The van der Waals surface area contributed by atoms with Crippen LogP contribution in [0.1, 0.15) is 31.2 Å². The standard InChI is InChI=1S/C24H21F5N2OS/c1-2-33-21-11-18(17-7-5-16(6-8-17)15-3-4-15)12-31-22(21)20-10-9-19(13-30-20)32-14-23(25,26)24(27,28)29/h5-13,15H,2-4,14H2,1H3. The van der Waals surface area contributed by atoms with Crippen molar-refractivity contribution in [1.82, 2.24) is 9.97 Å². The quantitative estimate of drug-likeness (QED) is 0.249. The average molecular weight is 481 g/mol. The van der Waals surface area contributed by atoms with Gasteiger partial charge in [0.2, 0.25) is 0 Å². The number of thioether (sulfide) groups is 1. The van der Waals surface area contributed by atoms with Crippen LogP contribution in [0, 0.1) is 0 Å². The van der Waals surface area contributed by atoms with Crippen LogP contribution in [0.25, 0.3) is 22.5 Å². The molecule has 0 atom stereocenters. The van der Waals surface area contributed by atoms with E-state index in [0.29, 0.717) is 17.3 Å². The van der Waals surface area contributed by atoms with Crippen LogP contribution >= 0.6 is 11.8 Å². The molecule has 0 N–H and O–H groups in total. The van der Waals surface area contributed by atoms with Gasteiger partial charge in [0.25, 0.3) is 0 Å². The molecule has 2 aromatic heterocycles. The summed E-state index contributed by atoms with van der Waals surface area (Å²) in [6.07, 6.45) is -0.314. The minimum Gasteiger partial charge on any atom is -0.485 e. The average Bonchev–Trinajstić information content (AvgIpc) is 3.63. The van der Waals surface area contributed by atoms with Crippen LogP contribution < -0.4 is 4.74 Å². The van der Waals surface area contributed by atoms with Gasteiger partial charge < -0.3 is 4.74 Å². The Morgan fingerprint density at radius 2 is 1.67 bits per heavy atom. The number of pyridine rings is 2. The second-order valence-electron chi connectivity index (χ2n) is 7.77. The van der Waals surface area contributed by atoms with Crippen LogP contribution in [-0.2, 0) is 0 Å². The molecule has 9 heteroatoms. The lowest BCUT2D eigenvalue weighted by atomic mass is 10.0. The summed E-state index contributed by atoms with van der Waals surface area (Å²) in [4.78, 5) is 9.63. The fourth-order valence-electron chi connectivity index (χ4n) is 3.29. The lowest BCUT2D eigenvalue weighted by molar-refractivity contribution is -0.290. The van der Waals surface area contributed by atoms with Gasteiger partial charge in [-0.05, 0) is 53.8 Å². The first kappa shape index (κ1) is 23.5. The van der Waals surface area contributed by atoms with E-state index < -0.39 is 18.7 Å². The molecule has 0 saturated heterocycles. The number of ether oxygens (including phenoxy) is 1. The van der Waals surface area contributed by atoms with Gasteiger partial charge in [-0.15, -0.1) is 11.8 Å². The summed E-state index contributed by atoms with van der Waals surface area (Å²) in [5, 5.41) is 0. The topological polar surface area (TPSA) is 35.0 Å². The Labute approximate surface area is 192 Å². The summed E-state index contributed by atoms with van der Waals surface area (Å²) in [6.45, 7) is 0.206. The maximum Gasteiger partial charge on any atom is 0.456 e. The molecule has 2 heterocycles. The fraction of sp³-hybridized carbons (Fsp3) is 0.333. The minimum absolute atomic E-state index is 0.181. The third kappa shape index (κ3) is 5.46. The van der Waals surface area contributed by atoms with Crippen LogP contribution in [0.15, 0.2) is 59.8 Å². The molecular weight excluding hydrogens is 459 g/mol. The Balaban J connectivity index is 1.53. The lowest BCUT2D eigenvalue weighted by Crippen LogP contribution is -2.41. The number of aromatic nitrogens is 2. The Kier molecular flexibility index (Phi) is 6.61. The maximum absolute atomic E-state index is 13.1. The highest BCUT2D eigenvalue weighted by Crippen LogP contribution is 2.41. The van der Waals surface area contributed by atoms with E-state index in [2.05, 4.69) is 39.0 Å². The molecule has 3 nitrogen and oxygen atoms in total. The summed E-state index contributed by atoms with van der Waals surface area (Å²) in [5.41, 5.74) is 4.44. The molecule has 0 aliphatic heterocycles. The van der Waals surface area contributed by atoms with Crippen LogP contribution in [0.5, 0.6) is 5.75 Å². The molecule has 1 fully saturated rings. The van der Waals surface area contributed by atoms with Crippen molar-refractivity contribution < 1.29 is 26.7 Å². The molecule has 3 aromatic rings. The van der Waals surface area contributed by atoms with Gasteiger partial charge in [0, 0.05) is 16.7 Å². The molecule has 0 bridgehead atoms. The fourth-order valence-corrected chi connectivity index (χ4v) is 4.10. The van der Waals surface area contributed by atoms with Gasteiger partial charge in [-0.2, -0.15) is 22.0 Å². The summed E-state index contributed by atoms with van der Waals surface area (Å²) < 4.78 is 67.6. The zero-order chi connectivity index (χ0) is 23.6. The molecule has 0 unspecified atom stereocenters. The van der Waals surface area contributed by atoms with E-state index in [0.717, 1.165) is 28.0 Å². The molecule has 33 heavy (non-hydrogen) atoms. The molecule has 4 rings (SSSR count). The largest absolute Gasteiger partial charge is 0.485 e. The monoisotopic (exact) mass is 480 g/mol. The second kappa shape index (κ2) is 9.29. The van der Waals surface area contributed by atoms with E-state index in [1.54, 1.807) is 18.0 Å². The predicted octanol–water partition coefficient (Wildman–Crippen LogP) is 7.38. The van der Waals surface area contributed by atoms with Crippen LogP contribution in [-0.4, -0.2) is 34.4 Å². The third-order valence-electron chi connectivity index (χ3n) is 5.26. The molecule has 0 amide bonds. The Morgan fingerprint density at radius 3 is 2.24 bits per heavy atom. The number of rotatable bonds is 8. The highest BCUT2D eigenvalue weighted by atomic mass is 32.2. The van der Waals surface area contributed by atoms with E-state index in [1.807, 2.05) is 13.0 Å². The zero-order valence-electron chi connectivity index (χ0n) is 17.7. The molecule has 1 aromatic carbocycles. The molecule has 0 radical (unpaired) electrons. The van der Waals surface area contributed by atoms with Gasteiger partial charge in [0.1, 0.15) is 11.4 Å². The molecule has 1 aliphatic carbocycles. The lowest BCUT2D eigenvalue weighted by Gasteiger charge is -2.19. The van der Waals surface area contributed by atoms with Crippen molar-refractivity contribution in [2.75, 3.05) is 12.4 Å². The van der Waals surface area contributed by atoms with Crippen molar-refractivity contribution >= 4 is 11.8 Å². The summed E-state index contributed by atoms with van der Waals surface area (Å²) in [7, 11) is 0. The number of hydrogen-bond donors (Lipinski definition) is 0. The summed E-state index contributed by atoms with van der Waals surface area (Å²) in [6, 6.07) is 13.3. The van der Waals surface area contributed by atoms with Gasteiger partial charge in [-0.25, -0.2) is 0 Å². The van der Waals surface area contributed by atoms with Gasteiger partial charge in [-0.3, -0.25) is 9.97 Å². The van der Waals surface area contributed by atoms with E-state index in [4.69, 9.17) is 0 Å². The van der Waals surface area contributed by atoms with Gasteiger partial charge in [0.15, 0.2) is 6.61 Å². The van der Waals surface area contributed by atoms with Crippen molar-refractivity contribution in [3.05, 3.63) is 60.4 Å². The number of alkyl halides is 5. The number of benzene rings is 1. The number of halogens is 5. The number of hydrogen-bond acceptors (Lipinski definition) is 4. The van der Waals surface area contributed by atoms with E-state index in [9.17, 15) is 22.0 Å². The van der Waals surface area contributed by atoms with Crippen molar-refractivity contribution in [1.29, 1.82) is 0 Å². The zero-order valence-corrected chi connectivity index (χ0v) is 18.5. The van der Waals surface area contributed by atoms with E-state index >= 15 is 0 Å². The highest BCUT2D eigenvalue weighted by molar-refractivity contribution is 7.99. The van der Waals surface area contributed by atoms with Gasteiger partial charge in [-0.1, -0.05) is 31.2 Å². The first-order valence-corrected chi connectivity index (χ1v) is 11.4. The van der Waals surface area contributed by atoms with Crippen molar-refractivity contribution in [3.8, 4) is 28.3 Å². The van der Waals surface area contributed by atoms with Crippen LogP contribution in [0.2, 0.25) is 0 Å². The maximum atomic E-state index is 13.1. The van der Waals surface area contributed by atoms with Crippen molar-refractivity contribution in [3.63, 3.8) is 0 Å². The van der Waals surface area contributed by atoms with E-state index in [-0.39, 0.29) is 5.75 Å². The van der Waals surface area contributed by atoms with Gasteiger partial charge in [0.05, 0.1) is 11.9 Å². The first-order chi connectivity index (χ1) is 15.7. The molecule has 1 aliphatic rings. The predicted molar refractivity (Wildman–Crippen MR) is 118 cm³/mol. The van der Waals surface area contributed by atoms with E-state index in [1.165, 1.54) is 30.5 Å². The Morgan fingerprint density at radius 1 is 0.939 bits per heavy atom. The SMILES string of the molecule is CCSc1cc(-c2ccc(C3CC3)cc2)cnc1-c1ccc(OCC(F)(F)C(F)(F)F)cn1. The normalized spacial score (nSPS) is 14.4. The molecular formula is C24H21F5N2OS. The summed E-state index contributed by atoms with van der Waals surface area (Å²) in [5.74, 6) is -3.64. The second-order valence-corrected chi connectivity index (χ2v) is 9.08. The number of nitrogens with zero attached hydrogens (tertiary/aromatic N) is 2. The molecule has 1 saturated carbocycles. The summed E-state index contributed by atoms with van der Waals surface area (Å²) >= 11 is 1.59. The Bertz CT molecular complexity index is 1100.